The number of fused-ring (bicyclic) bond motifs is 1. The molecule has 7 heteroatoms. The summed E-state index contributed by atoms with van der Waals surface area (Å²) in [7, 11) is 1.95. The van der Waals surface area contributed by atoms with E-state index < -0.39 is 23.4 Å². The zero-order valence-electron chi connectivity index (χ0n) is 16.7. The van der Waals surface area contributed by atoms with Crippen molar-refractivity contribution in [2.75, 3.05) is 19.6 Å². The van der Waals surface area contributed by atoms with Gasteiger partial charge in [-0.15, -0.1) is 0 Å². The van der Waals surface area contributed by atoms with Crippen LogP contribution in [0.2, 0.25) is 0 Å². The first-order chi connectivity index (χ1) is 14.2. The molecule has 1 fully saturated rings. The molecule has 3 aromatic rings. The Hall–Kier alpha value is -2.35. The van der Waals surface area contributed by atoms with Crippen LogP contribution in [0, 0.1) is 0 Å². The first kappa shape index (κ1) is 20.9. The number of hydrogen-bond donors (Lipinski definition) is 2. The SMILES string of the molecule is Cn1cc([C@H](O)CN2CCC(O)(c3ccc(C(F)(F)F)cc3)CC2)c2ccccc21. The Morgan fingerprint density at radius 1 is 1.03 bits per heavy atom. The first-order valence-corrected chi connectivity index (χ1v) is 10.0. The van der Waals surface area contributed by atoms with Crippen LogP contribution in [-0.2, 0) is 18.8 Å². The topological polar surface area (TPSA) is 48.6 Å². The third-order valence-electron chi connectivity index (χ3n) is 6.15. The van der Waals surface area contributed by atoms with Crippen LogP contribution in [0.15, 0.2) is 54.7 Å². The van der Waals surface area contributed by atoms with Gasteiger partial charge in [0.15, 0.2) is 0 Å². The number of para-hydroxylation sites is 1. The van der Waals surface area contributed by atoms with Gasteiger partial charge in [0.2, 0.25) is 0 Å². The highest BCUT2D eigenvalue weighted by Crippen LogP contribution is 2.36. The molecule has 160 valence electrons. The lowest BCUT2D eigenvalue weighted by molar-refractivity contribution is -0.137. The van der Waals surface area contributed by atoms with E-state index in [-0.39, 0.29) is 0 Å². The van der Waals surface area contributed by atoms with Crippen molar-refractivity contribution in [2.24, 2.45) is 7.05 Å². The lowest BCUT2D eigenvalue weighted by atomic mass is 9.84. The molecular formula is C23H25F3N2O2. The van der Waals surface area contributed by atoms with Crippen LogP contribution in [0.25, 0.3) is 10.9 Å². The van der Waals surface area contributed by atoms with Gasteiger partial charge in [0.05, 0.1) is 17.3 Å². The third kappa shape index (κ3) is 3.97. The predicted octanol–water partition coefficient (Wildman–Crippen LogP) is 4.21. The van der Waals surface area contributed by atoms with Crippen LogP contribution < -0.4 is 0 Å². The third-order valence-corrected chi connectivity index (χ3v) is 6.15. The Bertz CT molecular complexity index is 1020. The second-order valence-corrected chi connectivity index (χ2v) is 8.14. The van der Waals surface area contributed by atoms with Gasteiger partial charge >= 0.3 is 6.18 Å². The number of aromatic nitrogens is 1. The Morgan fingerprint density at radius 2 is 1.67 bits per heavy atom. The molecule has 0 bridgehead atoms. The van der Waals surface area contributed by atoms with E-state index in [1.807, 2.05) is 42.1 Å². The molecule has 4 nitrogen and oxygen atoms in total. The van der Waals surface area contributed by atoms with Gasteiger partial charge < -0.3 is 19.7 Å². The molecule has 0 aliphatic carbocycles. The number of β-amino-alcohol motifs (C(OH)–C–C–N with tert-alkyl or cyclic N) is 1. The first-order valence-electron chi connectivity index (χ1n) is 10.0. The summed E-state index contributed by atoms with van der Waals surface area (Å²) < 4.78 is 40.3. The molecule has 1 aliphatic heterocycles. The number of aliphatic hydroxyl groups is 2. The van der Waals surface area contributed by atoms with Crippen LogP contribution in [0.4, 0.5) is 13.2 Å². The molecule has 4 rings (SSSR count). The minimum Gasteiger partial charge on any atom is -0.387 e. The number of likely N-dealkylation sites (tertiary alicyclic amines) is 1. The molecule has 0 unspecified atom stereocenters. The summed E-state index contributed by atoms with van der Waals surface area (Å²) in [5.74, 6) is 0. The minimum absolute atomic E-state index is 0.403. The molecule has 1 aromatic heterocycles. The molecule has 0 spiro atoms. The molecular weight excluding hydrogens is 393 g/mol. The van der Waals surface area contributed by atoms with Crippen molar-refractivity contribution >= 4 is 10.9 Å². The van der Waals surface area contributed by atoms with Crippen LogP contribution >= 0.6 is 0 Å². The number of alkyl halides is 3. The molecule has 1 saturated heterocycles. The molecule has 1 aliphatic rings. The highest BCUT2D eigenvalue weighted by molar-refractivity contribution is 5.84. The smallest absolute Gasteiger partial charge is 0.387 e. The van der Waals surface area contributed by atoms with Crippen molar-refractivity contribution in [3.05, 3.63) is 71.4 Å². The predicted molar refractivity (Wildman–Crippen MR) is 109 cm³/mol. The van der Waals surface area contributed by atoms with E-state index in [9.17, 15) is 23.4 Å². The van der Waals surface area contributed by atoms with E-state index in [0.29, 0.717) is 38.0 Å². The summed E-state index contributed by atoms with van der Waals surface area (Å²) in [4.78, 5) is 2.09. The fraction of sp³-hybridized carbons (Fsp3) is 0.391. The number of hydrogen-bond acceptors (Lipinski definition) is 3. The van der Waals surface area contributed by atoms with Crippen molar-refractivity contribution in [2.45, 2.75) is 30.7 Å². The number of benzene rings is 2. The van der Waals surface area contributed by atoms with E-state index in [0.717, 1.165) is 28.6 Å². The van der Waals surface area contributed by atoms with Crippen LogP contribution in [0.5, 0.6) is 0 Å². The van der Waals surface area contributed by atoms with Crippen molar-refractivity contribution < 1.29 is 23.4 Å². The standard InChI is InChI=1S/C23H25F3N2O2/c1-27-14-19(18-4-2-3-5-20(18)27)21(29)15-28-12-10-22(30,11-13-28)16-6-8-17(9-7-16)23(24,25)26/h2-9,14,21,29-30H,10-13,15H2,1H3/t21-/m1/s1. The van der Waals surface area contributed by atoms with Crippen molar-refractivity contribution in [3.8, 4) is 0 Å². The van der Waals surface area contributed by atoms with Crippen LogP contribution in [-0.4, -0.2) is 39.3 Å². The van der Waals surface area contributed by atoms with E-state index in [1.165, 1.54) is 12.1 Å². The number of aliphatic hydroxyl groups excluding tert-OH is 1. The Labute approximate surface area is 173 Å². The zero-order chi connectivity index (χ0) is 21.5. The summed E-state index contributed by atoms with van der Waals surface area (Å²) in [6, 6.07) is 12.7. The van der Waals surface area contributed by atoms with Gasteiger partial charge in [0.25, 0.3) is 0 Å². The second-order valence-electron chi connectivity index (χ2n) is 8.14. The average Bonchev–Trinajstić information content (AvgIpc) is 3.06. The summed E-state index contributed by atoms with van der Waals surface area (Å²) >= 11 is 0. The molecule has 2 N–H and O–H groups in total. The summed E-state index contributed by atoms with van der Waals surface area (Å²) in [6.07, 6.45) is -2.30. The highest BCUT2D eigenvalue weighted by atomic mass is 19.4. The molecule has 0 radical (unpaired) electrons. The molecule has 0 amide bonds. The average molecular weight is 418 g/mol. The maximum absolute atomic E-state index is 12.8. The largest absolute Gasteiger partial charge is 0.416 e. The van der Waals surface area contributed by atoms with Gasteiger partial charge in [-0.2, -0.15) is 13.2 Å². The number of halogens is 3. The minimum atomic E-state index is -4.39. The Kier molecular flexibility index (Phi) is 5.38. The quantitative estimate of drug-likeness (QED) is 0.667. The van der Waals surface area contributed by atoms with Crippen molar-refractivity contribution in [1.82, 2.24) is 9.47 Å². The van der Waals surface area contributed by atoms with Gasteiger partial charge in [-0.25, -0.2) is 0 Å². The fourth-order valence-electron chi connectivity index (χ4n) is 4.35. The van der Waals surface area contributed by atoms with Gasteiger partial charge in [-0.3, -0.25) is 0 Å². The summed E-state index contributed by atoms with van der Waals surface area (Å²) in [5, 5.41) is 22.8. The van der Waals surface area contributed by atoms with E-state index in [4.69, 9.17) is 0 Å². The molecule has 30 heavy (non-hydrogen) atoms. The molecule has 2 heterocycles. The van der Waals surface area contributed by atoms with E-state index in [2.05, 4.69) is 4.90 Å². The van der Waals surface area contributed by atoms with E-state index >= 15 is 0 Å². The number of rotatable bonds is 4. The number of piperidine rings is 1. The fourth-order valence-corrected chi connectivity index (χ4v) is 4.35. The lowest BCUT2D eigenvalue weighted by Crippen LogP contribution is -2.44. The Balaban J connectivity index is 1.41. The highest BCUT2D eigenvalue weighted by Gasteiger charge is 2.36. The zero-order valence-corrected chi connectivity index (χ0v) is 16.7. The van der Waals surface area contributed by atoms with Gasteiger partial charge in [-0.05, 0) is 36.6 Å². The van der Waals surface area contributed by atoms with Gasteiger partial charge in [0, 0.05) is 49.3 Å². The number of aryl methyl sites for hydroxylation is 1. The maximum atomic E-state index is 12.8. The summed E-state index contributed by atoms with van der Waals surface area (Å²) in [5.41, 5.74) is 0.569. The molecule has 2 aromatic carbocycles. The number of nitrogens with zero attached hydrogens (tertiary/aromatic N) is 2. The lowest BCUT2D eigenvalue weighted by Gasteiger charge is -2.39. The van der Waals surface area contributed by atoms with E-state index in [1.54, 1.807) is 0 Å². The Morgan fingerprint density at radius 3 is 2.30 bits per heavy atom. The van der Waals surface area contributed by atoms with Crippen LogP contribution in [0.1, 0.15) is 35.6 Å². The van der Waals surface area contributed by atoms with Gasteiger partial charge in [0.1, 0.15) is 0 Å². The normalized spacial score (nSPS) is 18.6. The molecule has 1 atom stereocenters. The monoisotopic (exact) mass is 418 g/mol. The summed E-state index contributed by atoms with van der Waals surface area (Å²) in [6.45, 7) is 1.55. The van der Waals surface area contributed by atoms with Gasteiger partial charge in [-0.1, -0.05) is 30.3 Å². The van der Waals surface area contributed by atoms with Crippen LogP contribution in [0.3, 0.4) is 0 Å². The maximum Gasteiger partial charge on any atom is 0.416 e. The van der Waals surface area contributed by atoms with Crippen molar-refractivity contribution in [1.29, 1.82) is 0 Å². The van der Waals surface area contributed by atoms with Crippen molar-refractivity contribution in [3.63, 3.8) is 0 Å². The second kappa shape index (κ2) is 7.72. The molecule has 0 saturated carbocycles.